The van der Waals surface area contributed by atoms with Crippen molar-refractivity contribution in [3.63, 3.8) is 0 Å². The van der Waals surface area contributed by atoms with Crippen LogP contribution in [-0.4, -0.2) is 24.2 Å². The molecule has 1 aromatic carbocycles. The number of rotatable bonds is 2. The predicted molar refractivity (Wildman–Crippen MR) is 73.5 cm³/mol. The molecule has 0 bridgehead atoms. The Morgan fingerprint density at radius 1 is 1.18 bits per heavy atom. The number of ether oxygens (including phenoxy) is 1. The van der Waals surface area contributed by atoms with Gasteiger partial charge in [-0.15, -0.1) is 24.8 Å². The predicted octanol–water partition coefficient (Wildman–Crippen LogP) is 2.43. The quantitative estimate of drug-likeness (QED) is 0.912. The number of aromatic nitrogens is 1. The van der Waals surface area contributed by atoms with E-state index in [9.17, 15) is 0 Å². The number of hydrogen-bond acceptors (Lipinski definition) is 3. The van der Waals surface area contributed by atoms with E-state index in [2.05, 4.69) is 16.4 Å². The SMILES string of the molecule is Cl.Cl.c1cnc2cc(OC3CNC3)ccc2c1. The van der Waals surface area contributed by atoms with Gasteiger partial charge in [-0.05, 0) is 18.2 Å². The van der Waals surface area contributed by atoms with Gasteiger partial charge in [0.05, 0.1) is 5.52 Å². The van der Waals surface area contributed by atoms with E-state index in [1.54, 1.807) is 6.20 Å². The summed E-state index contributed by atoms with van der Waals surface area (Å²) in [5.74, 6) is 0.910. The molecule has 1 N–H and O–H groups in total. The van der Waals surface area contributed by atoms with Gasteiger partial charge in [0.2, 0.25) is 0 Å². The van der Waals surface area contributed by atoms with Crippen LogP contribution in [-0.2, 0) is 0 Å². The van der Waals surface area contributed by atoms with Gasteiger partial charge in [-0.1, -0.05) is 6.07 Å². The minimum atomic E-state index is 0. The lowest BCUT2D eigenvalue weighted by Crippen LogP contribution is -2.50. The molecule has 17 heavy (non-hydrogen) atoms. The fourth-order valence-electron chi connectivity index (χ4n) is 1.66. The van der Waals surface area contributed by atoms with Crippen LogP contribution in [0.15, 0.2) is 36.5 Å². The van der Waals surface area contributed by atoms with Crippen LogP contribution in [0.2, 0.25) is 0 Å². The fraction of sp³-hybridized carbons (Fsp3) is 0.250. The third-order valence-corrected chi connectivity index (χ3v) is 2.62. The first-order valence-electron chi connectivity index (χ1n) is 5.14. The van der Waals surface area contributed by atoms with Crippen LogP contribution in [0, 0.1) is 0 Å². The maximum Gasteiger partial charge on any atom is 0.123 e. The third kappa shape index (κ3) is 3.00. The molecule has 3 nitrogen and oxygen atoms in total. The lowest BCUT2D eigenvalue weighted by molar-refractivity contribution is 0.142. The van der Waals surface area contributed by atoms with Crippen LogP contribution in [0.25, 0.3) is 10.9 Å². The Hall–Kier alpha value is -1.03. The van der Waals surface area contributed by atoms with Crippen molar-refractivity contribution in [1.29, 1.82) is 0 Å². The lowest BCUT2D eigenvalue weighted by Gasteiger charge is -2.27. The van der Waals surface area contributed by atoms with E-state index in [-0.39, 0.29) is 24.8 Å². The van der Waals surface area contributed by atoms with Crippen molar-refractivity contribution in [3.8, 4) is 5.75 Å². The zero-order valence-corrected chi connectivity index (χ0v) is 10.8. The van der Waals surface area contributed by atoms with Crippen LogP contribution < -0.4 is 10.1 Å². The molecule has 1 aliphatic heterocycles. The highest BCUT2D eigenvalue weighted by molar-refractivity contribution is 5.85. The standard InChI is InChI=1S/C12H12N2O.2ClH/c1-2-9-3-4-10(6-12(9)14-5-1)15-11-7-13-8-11;;/h1-6,11,13H,7-8H2;2*1H. The highest BCUT2D eigenvalue weighted by Crippen LogP contribution is 2.20. The average molecular weight is 273 g/mol. The second-order valence-electron chi connectivity index (χ2n) is 3.76. The second kappa shape index (κ2) is 6.05. The smallest absolute Gasteiger partial charge is 0.123 e. The Balaban J connectivity index is 0.000000722. The van der Waals surface area contributed by atoms with E-state index < -0.39 is 0 Å². The number of hydrogen-bond donors (Lipinski definition) is 1. The molecule has 0 atom stereocenters. The summed E-state index contributed by atoms with van der Waals surface area (Å²) in [6, 6.07) is 10.0. The molecule has 0 saturated carbocycles. The van der Waals surface area contributed by atoms with Gasteiger partial charge < -0.3 is 10.1 Å². The summed E-state index contributed by atoms with van der Waals surface area (Å²) in [4.78, 5) is 4.30. The maximum absolute atomic E-state index is 5.76. The molecule has 1 saturated heterocycles. The molecule has 0 spiro atoms. The first-order valence-corrected chi connectivity index (χ1v) is 5.14. The fourth-order valence-corrected chi connectivity index (χ4v) is 1.66. The Bertz CT molecular complexity index is 489. The van der Waals surface area contributed by atoms with E-state index >= 15 is 0 Å². The summed E-state index contributed by atoms with van der Waals surface area (Å²) in [7, 11) is 0. The monoisotopic (exact) mass is 272 g/mol. The van der Waals surface area contributed by atoms with Crippen molar-refractivity contribution < 1.29 is 4.74 Å². The molecule has 0 aliphatic carbocycles. The highest BCUT2D eigenvalue weighted by atomic mass is 35.5. The first kappa shape index (κ1) is 14.0. The van der Waals surface area contributed by atoms with E-state index in [1.165, 1.54) is 0 Å². The summed E-state index contributed by atoms with van der Waals surface area (Å²) in [5, 5.41) is 4.33. The van der Waals surface area contributed by atoms with Gasteiger partial charge in [0.25, 0.3) is 0 Å². The molecule has 2 aromatic rings. The summed E-state index contributed by atoms with van der Waals surface area (Å²) in [6.45, 7) is 1.89. The van der Waals surface area contributed by atoms with Crippen molar-refractivity contribution in [1.82, 2.24) is 10.3 Å². The molecule has 0 radical (unpaired) electrons. The minimum absolute atomic E-state index is 0. The highest BCUT2D eigenvalue weighted by Gasteiger charge is 2.18. The number of fused-ring (bicyclic) bond motifs is 1. The van der Waals surface area contributed by atoms with Crippen molar-refractivity contribution in [2.75, 3.05) is 13.1 Å². The molecule has 3 rings (SSSR count). The number of benzene rings is 1. The van der Waals surface area contributed by atoms with E-state index in [0.29, 0.717) is 6.10 Å². The lowest BCUT2D eigenvalue weighted by atomic mass is 10.2. The van der Waals surface area contributed by atoms with Crippen LogP contribution in [0.4, 0.5) is 0 Å². The molecule has 2 heterocycles. The normalized spacial score (nSPS) is 14.4. The van der Waals surface area contributed by atoms with E-state index in [0.717, 1.165) is 29.7 Å². The van der Waals surface area contributed by atoms with Crippen LogP contribution in [0.3, 0.4) is 0 Å². The molecule has 1 aliphatic rings. The van der Waals surface area contributed by atoms with Gasteiger partial charge in [-0.25, -0.2) is 0 Å². The van der Waals surface area contributed by atoms with Crippen molar-refractivity contribution in [2.45, 2.75) is 6.10 Å². The maximum atomic E-state index is 5.76. The van der Waals surface area contributed by atoms with Gasteiger partial charge in [-0.2, -0.15) is 0 Å². The van der Waals surface area contributed by atoms with Crippen molar-refractivity contribution in [2.24, 2.45) is 0 Å². The van der Waals surface area contributed by atoms with Crippen molar-refractivity contribution in [3.05, 3.63) is 36.5 Å². The topological polar surface area (TPSA) is 34.1 Å². The van der Waals surface area contributed by atoms with Crippen LogP contribution >= 0.6 is 24.8 Å². The zero-order chi connectivity index (χ0) is 10.1. The number of nitrogens with zero attached hydrogens (tertiary/aromatic N) is 1. The second-order valence-corrected chi connectivity index (χ2v) is 3.76. The summed E-state index contributed by atoms with van der Waals surface area (Å²) in [6.07, 6.45) is 2.13. The van der Waals surface area contributed by atoms with E-state index in [1.807, 2.05) is 24.3 Å². The Labute approximate surface area is 112 Å². The number of pyridine rings is 1. The molecule has 92 valence electrons. The summed E-state index contributed by atoms with van der Waals surface area (Å²) >= 11 is 0. The molecular weight excluding hydrogens is 259 g/mol. The average Bonchev–Trinajstić information content (AvgIpc) is 2.23. The largest absolute Gasteiger partial charge is 0.488 e. The molecule has 1 fully saturated rings. The van der Waals surface area contributed by atoms with Crippen LogP contribution in [0.1, 0.15) is 0 Å². The summed E-state index contributed by atoms with van der Waals surface area (Å²) in [5.41, 5.74) is 0.988. The van der Waals surface area contributed by atoms with Gasteiger partial charge in [0.15, 0.2) is 0 Å². The van der Waals surface area contributed by atoms with Gasteiger partial charge in [0.1, 0.15) is 11.9 Å². The molecule has 5 heteroatoms. The zero-order valence-electron chi connectivity index (χ0n) is 9.13. The molecule has 1 aromatic heterocycles. The van der Waals surface area contributed by atoms with Crippen LogP contribution in [0.5, 0.6) is 5.75 Å². The van der Waals surface area contributed by atoms with Gasteiger partial charge in [0, 0.05) is 30.7 Å². The third-order valence-electron chi connectivity index (χ3n) is 2.62. The van der Waals surface area contributed by atoms with Crippen molar-refractivity contribution >= 4 is 35.7 Å². The first-order chi connectivity index (χ1) is 7.42. The molecule has 0 unspecified atom stereocenters. The molecular formula is C12H14Cl2N2O. The molecule has 0 amide bonds. The minimum Gasteiger partial charge on any atom is -0.488 e. The Morgan fingerprint density at radius 2 is 2.00 bits per heavy atom. The summed E-state index contributed by atoms with van der Waals surface area (Å²) < 4.78 is 5.76. The number of nitrogens with one attached hydrogen (secondary N) is 1. The number of halogens is 2. The van der Waals surface area contributed by atoms with Gasteiger partial charge >= 0.3 is 0 Å². The van der Waals surface area contributed by atoms with E-state index in [4.69, 9.17) is 4.74 Å². The Morgan fingerprint density at radius 3 is 2.71 bits per heavy atom. The Kier molecular flexibility index (Phi) is 5.00. The van der Waals surface area contributed by atoms with Gasteiger partial charge in [-0.3, -0.25) is 4.98 Å².